The number of carbonyl (C=O) groups excluding carboxylic acids is 2. The van der Waals surface area contributed by atoms with E-state index in [1.165, 1.54) is 0 Å². The Hall–Kier alpha value is -2.04. The molecule has 0 atom stereocenters. The maximum atomic E-state index is 11.4. The Bertz CT molecular complexity index is 433. The van der Waals surface area contributed by atoms with Crippen LogP contribution in [0.3, 0.4) is 0 Å². The zero-order valence-corrected chi connectivity index (χ0v) is 10.1. The molecule has 0 heterocycles. The van der Waals surface area contributed by atoms with Crippen LogP contribution in [0.15, 0.2) is 40.6 Å². The average molecular weight is 233 g/mol. The normalized spacial score (nSPS) is 11.5. The largest absolute Gasteiger partial charge is 0.364 e. The summed E-state index contributed by atoms with van der Waals surface area (Å²) in [6.45, 7) is 5.14. The molecule has 0 spiro atoms. The maximum Gasteiger partial charge on any atom is 0.364 e. The van der Waals surface area contributed by atoms with Gasteiger partial charge in [-0.2, -0.15) is 0 Å². The molecule has 1 aromatic rings. The number of nitrogens with zero attached hydrogens (tertiary/aromatic N) is 2. The number of urea groups is 1. The summed E-state index contributed by atoms with van der Waals surface area (Å²) in [6.07, 6.45) is 0. The molecule has 0 unspecified atom stereocenters. The van der Waals surface area contributed by atoms with Crippen LogP contribution in [0.1, 0.15) is 20.8 Å². The van der Waals surface area contributed by atoms with Crippen molar-refractivity contribution in [3.8, 4) is 0 Å². The van der Waals surface area contributed by atoms with Crippen LogP contribution in [0.4, 0.5) is 10.5 Å². The summed E-state index contributed by atoms with van der Waals surface area (Å²) >= 11 is 0. The monoisotopic (exact) mass is 233 g/mol. The van der Waals surface area contributed by atoms with Crippen LogP contribution in [0.25, 0.3) is 0 Å². The summed E-state index contributed by atoms with van der Waals surface area (Å²) in [5.74, 6) is -0.430. The van der Waals surface area contributed by atoms with Crippen LogP contribution in [0, 0.1) is 5.41 Å². The zero-order valence-electron chi connectivity index (χ0n) is 10.1. The van der Waals surface area contributed by atoms with Gasteiger partial charge in [0.05, 0.1) is 0 Å². The predicted octanol–water partition coefficient (Wildman–Crippen LogP) is 3.24. The number of amides is 3. The summed E-state index contributed by atoms with van der Waals surface area (Å²) in [7, 11) is 0. The molecule has 1 aromatic carbocycles. The van der Waals surface area contributed by atoms with Crippen LogP contribution in [0.2, 0.25) is 0 Å². The van der Waals surface area contributed by atoms with Crippen molar-refractivity contribution >= 4 is 17.6 Å². The van der Waals surface area contributed by atoms with Gasteiger partial charge in [-0.05, 0) is 12.1 Å². The molecule has 17 heavy (non-hydrogen) atoms. The summed E-state index contributed by atoms with van der Waals surface area (Å²) in [5, 5.41) is 9.17. The van der Waals surface area contributed by atoms with Crippen molar-refractivity contribution in [2.75, 3.05) is 5.32 Å². The fraction of sp³-hybridized carbons (Fsp3) is 0.333. The molecule has 1 rings (SSSR count). The molecule has 5 heteroatoms. The lowest BCUT2D eigenvalue weighted by Gasteiger charge is -2.10. The number of carbonyl (C=O) groups is 2. The van der Waals surface area contributed by atoms with E-state index in [1.807, 2.05) is 6.07 Å². The Morgan fingerprint density at radius 3 is 2.18 bits per heavy atom. The van der Waals surface area contributed by atoms with Crippen molar-refractivity contribution < 1.29 is 9.59 Å². The molecule has 0 bridgehead atoms. The highest BCUT2D eigenvalue weighted by molar-refractivity contribution is 5.91. The number of anilines is 1. The molecule has 0 radical (unpaired) electrons. The Labute approximate surface area is 99.9 Å². The van der Waals surface area contributed by atoms with E-state index in [1.54, 1.807) is 45.0 Å². The van der Waals surface area contributed by atoms with E-state index in [0.29, 0.717) is 5.69 Å². The van der Waals surface area contributed by atoms with Crippen molar-refractivity contribution in [2.45, 2.75) is 20.8 Å². The quantitative estimate of drug-likeness (QED) is 0.756. The Morgan fingerprint density at radius 1 is 1.06 bits per heavy atom. The summed E-state index contributed by atoms with van der Waals surface area (Å²) in [5.41, 5.74) is -0.0177. The number of hydrogen-bond donors (Lipinski definition) is 1. The standard InChI is InChI=1S/C12H15N3O2/c1-12(2,3)10(16)14-15-11(17)13-9-7-5-4-6-8-9/h4-8H,1-3H3,(H,13,17). The molecule has 5 nitrogen and oxygen atoms in total. The van der Waals surface area contributed by atoms with Crippen molar-refractivity contribution in [3.63, 3.8) is 0 Å². The first kappa shape index (κ1) is 13.0. The minimum atomic E-state index is -0.659. The molecular weight excluding hydrogens is 218 g/mol. The Balaban J connectivity index is 2.57. The fourth-order valence-corrected chi connectivity index (χ4v) is 0.911. The number of azo groups is 1. The van der Waals surface area contributed by atoms with E-state index in [0.717, 1.165) is 0 Å². The molecule has 0 fully saturated rings. The minimum Gasteiger partial charge on any atom is -0.305 e. The van der Waals surface area contributed by atoms with Crippen molar-refractivity contribution in [1.82, 2.24) is 0 Å². The van der Waals surface area contributed by atoms with E-state index in [9.17, 15) is 9.59 Å². The number of hydrogen-bond acceptors (Lipinski definition) is 2. The van der Waals surface area contributed by atoms with Crippen molar-refractivity contribution in [3.05, 3.63) is 30.3 Å². The van der Waals surface area contributed by atoms with E-state index >= 15 is 0 Å². The minimum absolute atomic E-state index is 0.430. The summed E-state index contributed by atoms with van der Waals surface area (Å²) in [4.78, 5) is 22.7. The Kier molecular flexibility index (Phi) is 4.09. The van der Waals surface area contributed by atoms with Gasteiger partial charge in [0, 0.05) is 11.1 Å². The lowest BCUT2D eigenvalue weighted by Crippen LogP contribution is -2.17. The van der Waals surface area contributed by atoms with E-state index < -0.39 is 17.4 Å². The average Bonchev–Trinajstić information content (AvgIpc) is 2.26. The number of nitrogens with one attached hydrogen (secondary N) is 1. The predicted molar refractivity (Wildman–Crippen MR) is 64.8 cm³/mol. The van der Waals surface area contributed by atoms with Crippen molar-refractivity contribution in [2.24, 2.45) is 15.6 Å². The summed E-state index contributed by atoms with van der Waals surface area (Å²) in [6, 6.07) is 8.19. The number of rotatable bonds is 1. The molecule has 0 aromatic heterocycles. The van der Waals surface area contributed by atoms with Gasteiger partial charge in [-0.15, -0.1) is 5.11 Å². The van der Waals surface area contributed by atoms with Gasteiger partial charge in [0.15, 0.2) is 0 Å². The molecule has 3 amide bonds. The van der Waals surface area contributed by atoms with Gasteiger partial charge in [0.25, 0.3) is 5.91 Å². The van der Waals surface area contributed by atoms with E-state index in [4.69, 9.17) is 0 Å². The van der Waals surface area contributed by atoms with Crippen LogP contribution in [0.5, 0.6) is 0 Å². The zero-order chi connectivity index (χ0) is 12.9. The van der Waals surface area contributed by atoms with Gasteiger partial charge < -0.3 is 5.32 Å². The molecule has 0 aliphatic carbocycles. The highest BCUT2D eigenvalue weighted by Crippen LogP contribution is 2.15. The van der Waals surface area contributed by atoms with E-state index in [2.05, 4.69) is 15.5 Å². The molecular formula is C12H15N3O2. The van der Waals surface area contributed by atoms with Gasteiger partial charge in [0.2, 0.25) is 0 Å². The second kappa shape index (κ2) is 5.34. The lowest BCUT2D eigenvalue weighted by atomic mass is 9.96. The molecule has 0 saturated carbocycles. The van der Waals surface area contributed by atoms with Crippen LogP contribution in [-0.4, -0.2) is 11.9 Å². The third kappa shape index (κ3) is 4.55. The first-order valence-corrected chi connectivity index (χ1v) is 5.22. The summed E-state index contributed by atoms with van der Waals surface area (Å²) < 4.78 is 0. The molecule has 90 valence electrons. The van der Waals surface area contributed by atoms with Gasteiger partial charge in [-0.25, -0.2) is 4.79 Å². The second-order valence-corrected chi connectivity index (χ2v) is 4.55. The van der Waals surface area contributed by atoms with Gasteiger partial charge in [-0.1, -0.05) is 44.1 Å². The van der Waals surface area contributed by atoms with Gasteiger partial charge >= 0.3 is 6.03 Å². The number of para-hydroxylation sites is 1. The van der Waals surface area contributed by atoms with Gasteiger partial charge in [0.1, 0.15) is 0 Å². The third-order valence-electron chi connectivity index (χ3n) is 1.90. The van der Waals surface area contributed by atoms with E-state index in [-0.39, 0.29) is 0 Å². The Morgan fingerprint density at radius 2 is 1.65 bits per heavy atom. The maximum absolute atomic E-state index is 11.4. The first-order chi connectivity index (χ1) is 7.89. The highest BCUT2D eigenvalue weighted by atomic mass is 16.2. The molecule has 0 aliphatic rings. The van der Waals surface area contributed by atoms with Crippen LogP contribution in [-0.2, 0) is 4.79 Å². The SMILES string of the molecule is CC(C)(C)C(=O)N=NC(=O)Nc1ccccc1. The molecule has 0 saturated heterocycles. The lowest BCUT2D eigenvalue weighted by molar-refractivity contribution is -0.125. The topological polar surface area (TPSA) is 70.9 Å². The third-order valence-corrected chi connectivity index (χ3v) is 1.90. The van der Waals surface area contributed by atoms with Crippen LogP contribution < -0.4 is 5.32 Å². The van der Waals surface area contributed by atoms with Crippen molar-refractivity contribution in [1.29, 1.82) is 0 Å². The van der Waals surface area contributed by atoms with Gasteiger partial charge in [-0.3, -0.25) is 4.79 Å². The molecule has 1 N–H and O–H groups in total. The fourth-order valence-electron chi connectivity index (χ4n) is 0.911. The molecule has 0 aliphatic heterocycles. The number of benzene rings is 1. The van der Waals surface area contributed by atoms with Crippen LogP contribution >= 0.6 is 0 Å². The first-order valence-electron chi connectivity index (χ1n) is 5.22. The smallest absolute Gasteiger partial charge is 0.305 e. The highest BCUT2D eigenvalue weighted by Gasteiger charge is 2.21. The second-order valence-electron chi connectivity index (χ2n) is 4.55.